The summed E-state index contributed by atoms with van der Waals surface area (Å²) < 4.78 is 37.9. The lowest BCUT2D eigenvalue weighted by Gasteiger charge is -2.21. The second kappa shape index (κ2) is 9.59. The second-order valence-corrected chi connectivity index (χ2v) is 9.57. The van der Waals surface area contributed by atoms with Crippen LogP contribution in [0.25, 0.3) is 11.4 Å². The molecule has 1 saturated heterocycles. The minimum absolute atomic E-state index is 0.0338. The van der Waals surface area contributed by atoms with Crippen LogP contribution in [0.3, 0.4) is 0 Å². The summed E-state index contributed by atoms with van der Waals surface area (Å²) in [5.74, 6) is -0.759. The van der Waals surface area contributed by atoms with Crippen molar-refractivity contribution in [3.8, 4) is 17.1 Å². The first-order valence-corrected chi connectivity index (χ1v) is 12.0. The van der Waals surface area contributed by atoms with E-state index >= 15 is 0 Å². The smallest absolute Gasteiger partial charge is 0.439 e. The fourth-order valence-electron chi connectivity index (χ4n) is 3.74. The largest absolute Gasteiger partial charge is 0.495 e. The van der Waals surface area contributed by atoms with Crippen molar-refractivity contribution in [3.63, 3.8) is 0 Å². The summed E-state index contributed by atoms with van der Waals surface area (Å²) in [5, 5.41) is 6.37. The molecule has 0 spiro atoms. The number of aromatic nitrogens is 2. The number of H-pyrrole nitrogens is 1. The average Bonchev–Trinajstić information content (AvgIpc) is 3.07. The minimum atomic E-state index is -3.82. The van der Waals surface area contributed by atoms with E-state index in [1.165, 1.54) is 29.6 Å². The lowest BCUT2D eigenvalue weighted by molar-refractivity contribution is 0.102. The van der Waals surface area contributed by atoms with Gasteiger partial charge in [-0.05, 0) is 43.2 Å². The number of nitrogens with one attached hydrogen (secondary N) is 2. The summed E-state index contributed by atoms with van der Waals surface area (Å²) in [6.45, 7) is 0.887. The number of carbonyl (C=O) groups is 1. The Labute approximate surface area is 190 Å². The van der Waals surface area contributed by atoms with Crippen molar-refractivity contribution in [1.29, 1.82) is 0 Å². The normalized spacial score (nSPS) is 15.1. The van der Waals surface area contributed by atoms with Gasteiger partial charge in [0.05, 0.1) is 7.11 Å². The van der Waals surface area contributed by atoms with Crippen LogP contribution >= 0.6 is 0 Å². The number of hydrogen-bond acceptors (Lipinski definition) is 7. The molecule has 1 aromatic heterocycles. The number of nitrogens with zero attached hydrogens (tertiary/aromatic N) is 2. The summed E-state index contributed by atoms with van der Waals surface area (Å²) in [6, 6.07) is 11.0. The molecule has 0 radical (unpaired) electrons. The van der Waals surface area contributed by atoms with E-state index in [0.29, 0.717) is 24.3 Å². The minimum Gasteiger partial charge on any atom is -0.495 e. The molecule has 0 atom stereocenters. The second-order valence-electron chi connectivity index (χ2n) is 7.66. The Bertz CT molecular complexity index is 1310. The van der Waals surface area contributed by atoms with Crippen molar-refractivity contribution >= 4 is 21.6 Å². The number of carbonyl (C=O) groups excluding carboxylic acids is 1. The molecule has 1 aliphatic heterocycles. The molecule has 2 heterocycles. The maximum absolute atomic E-state index is 13.3. The van der Waals surface area contributed by atoms with Crippen molar-refractivity contribution < 1.29 is 22.5 Å². The number of rotatable bonds is 6. The van der Waals surface area contributed by atoms with Crippen LogP contribution in [-0.2, 0) is 10.0 Å². The number of hydrogen-bond donors (Lipinski definition) is 2. The lowest BCUT2D eigenvalue weighted by Crippen LogP contribution is -2.32. The number of benzene rings is 2. The van der Waals surface area contributed by atoms with Crippen molar-refractivity contribution in [1.82, 2.24) is 14.4 Å². The Kier molecular flexibility index (Phi) is 6.61. The molecule has 10 nitrogen and oxygen atoms in total. The van der Waals surface area contributed by atoms with Crippen molar-refractivity contribution in [3.05, 3.63) is 58.6 Å². The molecule has 0 bridgehead atoms. The Morgan fingerprint density at radius 1 is 1.12 bits per heavy atom. The molecule has 174 valence electrons. The summed E-state index contributed by atoms with van der Waals surface area (Å²) in [6.07, 6.45) is 3.59. The van der Waals surface area contributed by atoms with E-state index in [2.05, 4.69) is 20.0 Å². The third kappa shape index (κ3) is 4.99. The number of anilines is 1. The highest BCUT2D eigenvalue weighted by molar-refractivity contribution is 7.89. The highest BCUT2D eigenvalue weighted by Gasteiger charge is 2.29. The first-order valence-electron chi connectivity index (χ1n) is 10.5. The number of methoxy groups -OCH3 is 1. The molecule has 0 aliphatic carbocycles. The third-order valence-corrected chi connectivity index (χ3v) is 7.36. The zero-order valence-electron chi connectivity index (χ0n) is 18.0. The highest BCUT2D eigenvalue weighted by atomic mass is 32.2. The average molecular weight is 473 g/mol. The Morgan fingerprint density at radius 3 is 2.55 bits per heavy atom. The van der Waals surface area contributed by atoms with Crippen LogP contribution in [0.5, 0.6) is 5.75 Å². The zero-order valence-corrected chi connectivity index (χ0v) is 18.9. The molecular weight excluding hydrogens is 448 g/mol. The van der Waals surface area contributed by atoms with Crippen molar-refractivity contribution in [2.24, 2.45) is 0 Å². The lowest BCUT2D eigenvalue weighted by atomic mass is 10.1. The van der Waals surface area contributed by atoms with Crippen molar-refractivity contribution in [2.75, 3.05) is 25.5 Å². The topological polar surface area (TPSA) is 135 Å². The Balaban J connectivity index is 1.61. The van der Waals surface area contributed by atoms with Gasteiger partial charge in [0.1, 0.15) is 10.6 Å². The van der Waals surface area contributed by atoms with Gasteiger partial charge >= 0.3 is 5.76 Å². The summed E-state index contributed by atoms with van der Waals surface area (Å²) in [4.78, 5) is 26.5. The van der Waals surface area contributed by atoms with Gasteiger partial charge in [0.25, 0.3) is 5.91 Å². The highest BCUT2D eigenvalue weighted by Crippen LogP contribution is 2.30. The number of aromatic amines is 1. The molecule has 0 saturated carbocycles. The number of ether oxygens (including phenoxy) is 1. The van der Waals surface area contributed by atoms with Gasteiger partial charge in [-0.1, -0.05) is 30.1 Å². The molecule has 3 aromatic rings. The van der Waals surface area contributed by atoms with Crippen LogP contribution in [-0.4, -0.2) is 49.0 Å². The molecule has 2 aromatic carbocycles. The maximum atomic E-state index is 13.3. The van der Waals surface area contributed by atoms with Crippen LogP contribution < -0.4 is 15.8 Å². The van der Waals surface area contributed by atoms with Crippen LogP contribution in [0.15, 0.2) is 56.7 Å². The van der Waals surface area contributed by atoms with Gasteiger partial charge in [0.2, 0.25) is 10.0 Å². The van der Waals surface area contributed by atoms with Gasteiger partial charge in [0.15, 0.2) is 5.82 Å². The summed E-state index contributed by atoms with van der Waals surface area (Å²) >= 11 is 0. The van der Waals surface area contributed by atoms with E-state index in [0.717, 1.165) is 25.7 Å². The van der Waals surface area contributed by atoms with Gasteiger partial charge in [0, 0.05) is 29.9 Å². The van der Waals surface area contributed by atoms with E-state index in [1.54, 1.807) is 24.3 Å². The molecule has 1 fully saturated rings. The van der Waals surface area contributed by atoms with Crippen LogP contribution in [0, 0.1) is 0 Å². The van der Waals surface area contributed by atoms with E-state index in [4.69, 9.17) is 4.74 Å². The standard InChI is InChI=1S/C22H24N4O6S/c1-31-18-10-9-16(14-19(18)33(29,30)26-11-4-2-3-5-12-26)21(27)23-17-8-6-7-15(13-17)20-24-22(28)32-25-20/h6-10,13-14H,2-5,11-12H2,1H3,(H,23,27)(H,24,25,28). The fraction of sp³-hybridized carbons (Fsp3) is 0.318. The van der Waals surface area contributed by atoms with E-state index in [-0.39, 0.29) is 22.0 Å². The molecule has 33 heavy (non-hydrogen) atoms. The molecule has 1 amide bonds. The maximum Gasteiger partial charge on any atom is 0.439 e. The van der Waals surface area contributed by atoms with Crippen molar-refractivity contribution in [2.45, 2.75) is 30.6 Å². The molecule has 2 N–H and O–H groups in total. The van der Waals surface area contributed by atoms with Gasteiger partial charge in [-0.25, -0.2) is 13.2 Å². The van der Waals surface area contributed by atoms with E-state index in [1.807, 2.05) is 0 Å². The van der Waals surface area contributed by atoms with Gasteiger partial charge in [-0.3, -0.25) is 14.3 Å². The Hall–Kier alpha value is -3.44. The third-order valence-electron chi connectivity index (χ3n) is 5.44. The fourth-order valence-corrected chi connectivity index (χ4v) is 5.44. The van der Waals surface area contributed by atoms with Crippen LogP contribution in [0.4, 0.5) is 5.69 Å². The van der Waals surface area contributed by atoms with E-state index < -0.39 is 21.7 Å². The van der Waals surface area contributed by atoms with Gasteiger partial charge < -0.3 is 10.1 Å². The SMILES string of the molecule is COc1ccc(C(=O)Nc2cccc(-c3noc(=O)[nH]3)c2)cc1S(=O)(=O)N1CCCCCC1. The van der Waals surface area contributed by atoms with Gasteiger partial charge in [-0.2, -0.15) is 4.31 Å². The zero-order chi connectivity index (χ0) is 23.4. The van der Waals surface area contributed by atoms with E-state index in [9.17, 15) is 18.0 Å². The first kappa shape index (κ1) is 22.7. The predicted octanol–water partition coefficient (Wildman–Crippen LogP) is 2.86. The Morgan fingerprint density at radius 2 is 1.88 bits per heavy atom. The number of sulfonamides is 1. The molecule has 11 heteroatoms. The van der Waals surface area contributed by atoms with Gasteiger partial charge in [-0.15, -0.1) is 0 Å². The predicted molar refractivity (Wildman–Crippen MR) is 121 cm³/mol. The first-order chi connectivity index (χ1) is 15.9. The molecule has 4 rings (SSSR count). The summed E-state index contributed by atoms with van der Waals surface area (Å²) in [7, 11) is -2.42. The quantitative estimate of drug-likeness (QED) is 0.563. The molecule has 0 unspecified atom stereocenters. The molecular formula is C22H24N4O6S. The monoisotopic (exact) mass is 472 g/mol. The van der Waals surface area contributed by atoms with Crippen LogP contribution in [0.1, 0.15) is 36.0 Å². The summed E-state index contributed by atoms with van der Waals surface area (Å²) in [5.41, 5.74) is 1.15. The van der Waals surface area contributed by atoms with Crippen LogP contribution in [0.2, 0.25) is 0 Å². The molecule has 1 aliphatic rings. The number of amides is 1.